The first-order valence-electron chi connectivity index (χ1n) is 4.38. The maximum absolute atomic E-state index is 11.2. The van der Waals surface area contributed by atoms with Crippen molar-refractivity contribution in [2.75, 3.05) is 26.7 Å². The number of amides is 1. The first-order valence-corrected chi connectivity index (χ1v) is 4.38. The quantitative estimate of drug-likeness (QED) is 0.224. The highest BCUT2D eigenvalue weighted by atomic mass is 16.5. The predicted molar refractivity (Wildman–Crippen MR) is 54.2 cm³/mol. The molecule has 0 aliphatic rings. The molecule has 0 rings (SSSR count). The zero-order valence-electron chi connectivity index (χ0n) is 8.87. The average molecular weight is 216 g/mol. The number of carbonyl (C=O) groups is 2. The zero-order chi connectivity index (χ0) is 11.8. The molecule has 0 heterocycles. The highest BCUT2D eigenvalue weighted by molar-refractivity contribution is 5.83. The summed E-state index contributed by atoms with van der Waals surface area (Å²) < 4.78 is 4.61. The molecule has 7 heteroatoms. The van der Waals surface area contributed by atoms with Crippen molar-refractivity contribution in [1.82, 2.24) is 10.2 Å². The van der Waals surface area contributed by atoms with E-state index in [1.807, 2.05) is 0 Å². The van der Waals surface area contributed by atoms with Crippen molar-refractivity contribution >= 4 is 17.8 Å². The molecule has 0 aromatic rings. The number of guanidine groups is 1. The van der Waals surface area contributed by atoms with Gasteiger partial charge in [0.2, 0.25) is 5.91 Å². The van der Waals surface area contributed by atoms with E-state index in [4.69, 9.17) is 11.1 Å². The van der Waals surface area contributed by atoms with Crippen LogP contribution in [0.5, 0.6) is 0 Å². The summed E-state index contributed by atoms with van der Waals surface area (Å²) in [5, 5.41) is 9.53. The van der Waals surface area contributed by atoms with Gasteiger partial charge in [-0.05, 0) is 0 Å². The minimum Gasteiger partial charge on any atom is -0.464 e. The third-order valence-corrected chi connectivity index (χ3v) is 1.52. The Kier molecular flexibility index (Phi) is 5.84. The maximum Gasteiger partial charge on any atom is 0.302 e. The van der Waals surface area contributed by atoms with E-state index in [1.54, 1.807) is 0 Å². The van der Waals surface area contributed by atoms with Crippen LogP contribution in [0.25, 0.3) is 0 Å². The molecule has 1 amide bonds. The first-order chi connectivity index (χ1) is 6.93. The van der Waals surface area contributed by atoms with Crippen molar-refractivity contribution in [3.8, 4) is 0 Å². The van der Waals surface area contributed by atoms with Gasteiger partial charge in [0.1, 0.15) is 6.61 Å². The van der Waals surface area contributed by atoms with Crippen LogP contribution in [0.1, 0.15) is 6.92 Å². The standard InChI is InChI=1S/C8H16N4O3/c1-6(13)15-4-3-11-7(14)5-12(2)8(9)10/h3-5H2,1-2H3,(H3,9,10)(H,11,14). The normalized spacial score (nSPS) is 9.20. The Bertz CT molecular complexity index is 254. The van der Waals surface area contributed by atoms with Gasteiger partial charge in [-0.3, -0.25) is 15.0 Å². The molecule has 0 saturated carbocycles. The molecule has 15 heavy (non-hydrogen) atoms. The number of hydrogen-bond acceptors (Lipinski definition) is 4. The SMILES string of the molecule is CC(=O)OCCNC(=O)CN(C)C(=N)N. The van der Waals surface area contributed by atoms with E-state index in [0.29, 0.717) is 0 Å². The molecule has 0 bridgehead atoms. The second-order valence-corrected chi connectivity index (χ2v) is 2.93. The summed E-state index contributed by atoms with van der Waals surface area (Å²) >= 11 is 0. The molecule has 86 valence electrons. The minimum absolute atomic E-state index is 0.00933. The lowest BCUT2D eigenvalue weighted by molar-refractivity contribution is -0.141. The van der Waals surface area contributed by atoms with Crippen molar-refractivity contribution in [3.05, 3.63) is 0 Å². The number of nitrogens with zero attached hydrogens (tertiary/aromatic N) is 1. The molecular weight excluding hydrogens is 200 g/mol. The second-order valence-electron chi connectivity index (χ2n) is 2.93. The molecule has 0 radical (unpaired) electrons. The highest BCUT2D eigenvalue weighted by Gasteiger charge is 2.06. The minimum atomic E-state index is -0.384. The van der Waals surface area contributed by atoms with E-state index >= 15 is 0 Å². The number of rotatable bonds is 5. The van der Waals surface area contributed by atoms with Crippen LogP contribution >= 0.6 is 0 Å². The Morgan fingerprint density at radius 3 is 2.60 bits per heavy atom. The van der Waals surface area contributed by atoms with E-state index in [1.165, 1.54) is 18.9 Å². The van der Waals surface area contributed by atoms with Gasteiger partial charge in [-0.25, -0.2) is 0 Å². The fourth-order valence-corrected chi connectivity index (χ4v) is 0.742. The Morgan fingerprint density at radius 1 is 1.53 bits per heavy atom. The molecule has 7 nitrogen and oxygen atoms in total. The van der Waals surface area contributed by atoms with Crippen LogP contribution in [-0.4, -0.2) is 49.5 Å². The zero-order valence-corrected chi connectivity index (χ0v) is 8.87. The lowest BCUT2D eigenvalue weighted by Crippen LogP contribution is -2.42. The smallest absolute Gasteiger partial charge is 0.302 e. The third kappa shape index (κ3) is 7.29. The van der Waals surface area contributed by atoms with Crippen molar-refractivity contribution in [2.45, 2.75) is 6.92 Å². The van der Waals surface area contributed by atoms with E-state index in [9.17, 15) is 9.59 Å². The van der Waals surface area contributed by atoms with E-state index in [0.717, 1.165) is 0 Å². The highest BCUT2D eigenvalue weighted by Crippen LogP contribution is 1.80. The Labute approximate surface area is 88.1 Å². The molecule has 0 saturated heterocycles. The maximum atomic E-state index is 11.2. The molecule has 0 aromatic heterocycles. The molecule has 0 spiro atoms. The summed E-state index contributed by atoms with van der Waals surface area (Å²) in [7, 11) is 1.54. The number of likely N-dealkylation sites (N-methyl/N-ethyl adjacent to an activating group) is 1. The van der Waals surface area contributed by atoms with Gasteiger partial charge in [0.05, 0.1) is 13.1 Å². The van der Waals surface area contributed by atoms with Gasteiger partial charge in [-0.1, -0.05) is 0 Å². The van der Waals surface area contributed by atoms with E-state index in [-0.39, 0.29) is 37.5 Å². The Morgan fingerprint density at radius 2 is 2.13 bits per heavy atom. The van der Waals surface area contributed by atoms with Gasteiger partial charge < -0.3 is 20.7 Å². The summed E-state index contributed by atoms with van der Waals surface area (Å²) in [4.78, 5) is 22.8. The summed E-state index contributed by atoms with van der Waals surface area (Å²) in [5.41, 5.74) is 5.14. The number of esters is 1. The topological polar surface area (TPSA) is 109 Å². The van der Waals surface area contributed by atoms with Crippen LogP contribution < -0.4 is 11.1 Å². The van der Waals surface area contributed by atoms with Gasteiger partial charge in [0.15, 0.2) is 5.96 Å². The third-order valence-electron chi connectivity index (χ3n) is 1.52. The second kappa shape index (κ2) is 6.63. The van der Waals surface area contributed by atoms with Crippen molar-refractivity contribution in [3.63, 3.8) is 0 Å². The van der Waals surface area contributed by atoms with Gasteiger partial charge in [0.25, 0.3) is 0 Å². The number of nitrogens with one attached hydrogen (secondary N) is 2. The molecule has 0 unspecified atom stereocenters. The monoisotopic (exact) mass is 216 g/mol. The fourth-order valence-electron chi connectivity index (χ4n) is 0.742. The number of ether oxygens (including phenoxy) is 1. The Balaban J connectivity index is 3.58. The summed E-state index contributed by atoms with van der Waals surface area (Å²) in [5.74, 6) is -0.838. The number of nitrogens with two attached hydrogens (primary N) is 1. The lowest BCUT2D eigenvalue weighted by Gasteiger charge is -2.15. The van der Waals surface area contributed by atoms with Crippen LogP contribution in [0.3, 0.4) is 0 Å². The van der Waals surface area contributed by atoms with Crippen LogP contribution in [0.4, 0.5) is 0 Å². The number of carbonyl (C=O) groups excluding carboxylic acids is 2. The Hall–Kier alpha value is -1.79. The van der Waals surface area contributed by atoms with Crippen molar-refractivity contribution < 1.29 is 14.3 Å². The summed E-state index contributed by atoms with van der Waals surface area (Å²) in [6.07, 6.45) is 0. The molecule has 0 aliphatic heterocycles. The predicted octanol–water partition coefficient (Wildman–Crippen LogP) is -1.51. The first kappa shape index (κ1) is 13.2. The molecule has 0 aliphatic carbocycles. The van der Waals surface area contributed by atoms with E-state index in [2.05, 4.69) is 10.1 Å². The molecule has 0 atom stereocenters. The molecule has 4 N–H and O–H groups in total. The molecular formula is C8H16N4O3. The van der Waals surface area contributed by atoms with Gasteiger partial charge >= 0.3 is 5.97 Å². The van der Waals surface area contributed by atoms with Crippen molar-refractivity contribution in [2.24, 2.45) is 5.73 Å². The number of hydrogen-bond donors (Lipinski definition) is 3. The van der Waals surface area contributed by atoms with E-state index < -0.39 is 0 Å². The average Bonchev–Trinajstić information content (AvgIpc) is 2.12. The summed E-state index contributed by atoms with van der Waals surface area (Å²) in [6.45, 7) is 1.70. The molecule has 0 aromatic carbocycles. The van der Waals surface area contributed by atoms with Crippen LogP contribution in [-0.2, 0) is 14.3 Å². The van der Waals surface area contributed by atoms with Gasteiger partial charge in [0, 0.05) is 14.0 Å². The van der Waals surface area contributed by atoms with Crippen LogP contribution in [0, 0.1) is 5.41 Å². The largest absolute Gasteiger partial charge is 0.464 e. The van der Waals surface area contributed by atoms with Crippen LogP contribution in [0.15, 0.2) is 0 Å². The lowest BCUT2D eigenvalue weighted by atomic mass is 10.5. The van der Waals surface area contributed by atoms with Crippen molar-refractivity contribution in [1.29, 1.82) is 5.41 Å². The van der Waals surface area contributed by atoms with Crippen LogP contribution in [0.2, 0.25) is 0 Å². The van der Waals surface area contributed by atoms with Gasteiger partial charge in [-0.2, -0.15) is 0 Å². The molecule has 0 fully saturated rings. The summed E-state index contributed by atoms with van der Waals surface area (Å²) in [6, 6.07) is 0. The van der Waals surface area contributed by atoms with Gasteiger partial charge in [-0.15, -0.1) is 0 Å². The fraction of sp³-hybridized carbons (Fsp3) is 0.625.